The smallest absolute Gasteiger partial charge is 0.0490 e. The lowest BCUT2D eigenvalue weighted by Gasteiger charge is -2.23. The van der Waals surface area contributed by atoms with E-state index in [9.17, 15) is 0 Å². The van der Waals surface area contributed by atoms with Gasteiger partial charge < -0.3 is 4.74 Å². The summed E-state index contributed by atoms with van der Waals surface area (Å²) in [5.74, 6) is 0.907. The molecule has 1 aliphatic carbocycles. The van der Waals surface area contributed by atoms with Gasteiger partial charge in [-0.15, -0.1) is 0 Å². The van der Waals surface area contributed by atoms with Gasteiger partial charge in [-0.2, -0.15) is 0 Å². The molecule has 0 bridgehead atoms. The molecule has 0 aromatic rings. The Morgan fingerprint density at radius 2 is 2.25 bits per heavy atom. The minimum atomic E-state index is 0. The van der Waals surface area contributed by atoms with E-state index in [4.69, 9.17) is 4.74 Å². The van der Waals surface area contributed by atoms with Crippen LogP contribution in [0.15, 0.2) is 0 Å². The van der Waals surface area contributed by atoms with Gasteiger partial charge in [-0.05, 0) is 18.8 Å². The maximum atomic E-state index is 4.95. The Bertz CT molecular complexity index is 52.9. The third kappa shape index (κ3) is 1.83. The summed E-state index contributed by atoms with van der Waals surface area (Å²) in [5, 5.41) is 0. The van der Waals surface area contributed by atoms with E-state index in [0.717, 1.165) is 12.5 Å². The molecule has 52 valence electrons. The molecular formula is C7H18O. The molecule has 0 amide bonds. The molecule has 1 fully saturated rings. The molecule has 0 aromatic carbocycles. The van der Waals surface area contributed by atoms with Crippen molar-refractivity contribution in [2.45, 2.75) is 26.7 Å². The molecule has 0 atom stereocenters. The number of methoxy groups -OCH3 is 1. The van der Waals surface area contributed by atoms with E-state index in [1.807, 2.05) is 0 Å². The maximum Gasteiger partial charge on any atom is 0.0490 e. The largest absolute Gasteiger partial charge is 0.384 e. The minimum absolute atomic E-state index is 0. The lowest BCUT2D eigenvalue weighted by molar-refractivity contribution is 0.111. The fourth-order valence-corrected chi connectivity index (χ4v) is 0.895. The predicted molar refractivity (Wildman–Crippen MR) is 38.1 cm³/mol. The van der Waals surface area contributed by atoms with Gasteiger partial charge in [-0.3, -0.25) is 0 Å². The standard InChI is InChI=1S/C6H12O.CH4.H2/c1-7-5-6-3-2-4-6;;/h6H,2-5H2,1H3;1H4;1H. The first-order valence-corrected chi connectivity index (χ1v) is 2.92. The predicted octanol–water partition coefficient (Wildman–Crippen LogP) is 2.32. The summed E-state index contributed by atoms with van der Waals surface area (Å²) in [6, 6.07) is 0. The number of rotatable bonds is 2. The van der Waals surface area contributed by atoms with Crippen molar-refractivity contribution in [3.63, 3.8) is 0 Å². The van der Waals surface area contributed by atoms with Crippen molar-refractivity contribution in [1.29, 1.82) is 0 Å². The van der Waals surface area contributed by atoms with E-state index in [0.29, 0.717) is 0 Å². The number of hydrogen-bond donors (Lipinski definition) is 0. The minimum Gasteiger partial charge on any atom is -0.384 e. The van der Waals surface area contributed by atoms with Crippen molar-refractivity contribution in [3.05, 3.63) is 0 Å². The van der Waals surface area contributed by atoms with Crippen LogP contribution < -0.4 is 0 Å². The Morgan fingerprint density at radius 1 is 1.62 bits per heavy atom. The Kier molecular flexibility index (Phi) is 3.88. The average Bonchev–Trinajstić information content (AvgIpc) is 1.55. The molecule has 0 saturated heterocycles. The summed E-state index contributed by atoms with van der Waals surface area (Å²) in [5.41, 5.74) is 0. The van der Waals surface area contributed by atoms with Gasteiger partial charge in [0, 0.05) is 15.1 Å². The van der Waals surface area contributed by atoms with Crippen LogP contribution in [-0.2, 0) is 4.74 Å². The van der Waals surface area contributed by atoms with Crippen molar-refractivity contribution in [1.82, 2.24) is 0 Å². The molecule has 0 spiro atoms. The molecule has 0 unspecified atom stereocenters. The van der Waals surface area contributed by atoms with Crippen LogP contribution in [0.1, 0.15) is 28.1 Å². The van der Waals surface area contributed by atoms with Crippen LogP contribution in [-0.4, -0.2) is 13.7 Å². The first-order chi connectivity index (χ1) is 3.43. The Labute approximate surface area is 53.5 Å². The molecule has 1 heteroatoms. The lowest BCUT2D eigenvalue weighted by atomic mass is 9.86. The van der Waals surface area contributed by atoms with Crippen LogP contribution in [0.25, 0.3) is 0 Å². The van der Waals surface area contributed by atoms with Gasteiger partial charge in [0.1, 0.15) is 0 Å². The molecule has 1 aliphatic rings. The first-order valence-electron chi connectivity index (χ1n) is 2.92. The summed E-state index contributed by atoms with van der Waals surface area (Å²) in [4.78, 5) is 0. The summed E-state index contributed by atoms with van der Waals surface area (Å²) in [6.07, 6.45) is 4.22. The quantitative estimate of drug-likeness (QED) is 0.540. The lowest BCUT2D eigenvalue weighted by Crippen LogP contribution is -2.16. The van der Waals surface area contributed by atoms with Crippen molar-refractivity contribution in [2.75, 3.05) is 13.7 Å². The van der Waals surface area contributed by atoms with Crippen LogP contribution in [0.3, 0.4) is 0 Å². The second kappa shape index (κ2) is 3.90. The summed E-state index contributed by atoms with van der Waals surface area (Å²) in [7, 11) is 1.78. The van der Waals surface area contributed by atoms with Crippen LogP contribution in [0.2, 0.25) is 0 Å². The van der Waals surface area contributed by atoms with E-state index < -0.39 is 0 Å². The van der Waals surface area contributed by atoms with Crippen molar-refractivity contribution < 1.29 is 6.16 Å². The van der Waals surface area contributed by atoms with Gasteiger partial charge in [0.25, 0.3) is 0 Å². The van der Waals surface area contributed by atoms with Crippen LogP contribution >= 0.6 is 0 Å². The second-order valence-electron chi connectivity index (χ2n) is 2.25. The van der Waals surface area contributed by atoms with Gasteiger partial charge in [0.2, 0.25) is 0 Å². The maximum absolute atomic E-state index is 4.95. The molecule has 0 aliphatic heterocycles. The molecule has 8 heavy (non-hydrogen) atoms. The molecule has 1 nitrogen and oxygen atoms in total. The van der Waals surface area contributed by atoms with Crippen LogP contribution in [0.4, 0.5) is 0 Å². The molecule has 0 radical (unpaired) electrons. The van der Waals surface area contributed by atoms with Crippen molar-refractivity contribution in [3.8, 4) is 0 Å². The normalized spacial score (nSPS) is 19.1. The van der Waals surface area contributed by atoms with E-state index >= 15 is 0 Å². The van der Waals surface area contributed by atoms with E-state index in [-0.39, 0.29) is 8.85 Å². The number of hydrogen-bond acceptors (Lipinski definition) is 1. The van der Waals surface area contributed by atoms with Crippen molar-refractivity contribution >= 4 is 0 Å². The molecule has 0 aromatic heterocycles. The Hall–Kier alpha value is -0.0400. The third-order valence-corrected chi connectivity index (χ3v) is 1.63. The zero-order chi connectivity index (χ0) is 5.11. The van der Waals surface area contributed by atoms with Gasteiger partial charge >= 0.3 is 0 Å². The highest BCUT2D eigenvalue weighted by molar-refractivity contribution is 4.67. The van der Waals surface area contributed by atoms with E-state index in [1.54, 1.807) is 7.11 Å². The molecule has 1 rings (SSSR count). The zero-order valence-corrected chi connectivity index (χ0v) is 4.81. The highest BCUT2D eigenvalue weighted by atomic mass is 16.5. The third-order valence-electron chi connectivity index (χ3n) is 1.63. The van der Waals surface area contributed by atoms with Gasteiger partial charge in [0.05, 0.1) is 0 Å². The van der Waals surface area contributed by atoms with Gasteiger partial charge in [0.15, 0.2) is 0 Å². The molecular weight excluding hydrogens is 100 g/mol. The number of ether oxygens (including phenoxy) is 1. The summed E-state index contributed by atoms with van der Waals surface area (Å²) in [6.45, 7) is 0.986. The summed E-state index contributed by atoms with van der Waals surface area (Å²) < 4.78 is 4.95. The van der Waals surface area contributed by atoms with Crippen LogP contribution in [0.5, 0.6) is 0 Å². The van der Waals surface area contributed by atoms with E-state index in [1.165, 1.54) is 19.3 Å². The summed E-state index contributed by atoms with van der Waals surface area (Å²) >= 11 is 0. The Morgan fingerprint density at radius 3 is 2.38 bits per heavy atom. The molecule has 0 N–H and O–H groups in total. The SMILES string of the molecule is C.COCC1CCC1.[HH]. The zero-order valence-electron chi connectivity index (χ0n) is 4.81. The average molecular weight is 118 g/mol. The van der Waals surface area contributed by atoms with Crippen LogP contribution in [0, 0.1) is 5.92 Å². The fraction of sp³-hybridized carbons (Fsp3) is 1.00. The highest BCUT2D eigenvalue weighted by Crippen LogP contribution is 2.25. The highest BCUT2D eigenvalue weighted by Gasteiger charge is 2.15. The van der Waals surface area contributed by atoms with Crippen molar-refractivity contribution in [2.24, 2.45) is 5.92 Å². The van der Waals surface area contributed by atoms with Gasteiger partial charge in [-0.25, -0.2) is 0 Å². The monoisotopic (exact) mass is 118 g/mol. The van der Waals surface area contributed by atoms with Gasteiger partial charge in [-0.1, -0.05) is 13.8 Å². The molecule has 1 saturated carbocycles. The fourth-order valence-electron chi connectivity index (χ4n) is 0.895. The van der Waals surface area contributed by atoms with E-state index in [2.05, 4.69) is 0 Å². The second-order valence-corrected chi connectivity index (χ2v) is 2.25. The first kappa shape index (κ1) is 7.96. The topological polar surface area (TPSA) is 9.23 Å². The Balaban J connectivity index is 0. The molecule has 0 heterocycles.